The van der Waals surface area contributed by atoms with Crippen molar-refractivity contribution < 1.29 is 28.7 Å². The molecule has 0 saturated carbocycles. The molecule has 1 amide bonds. The SMILES string of the molecule is COc1cc(OC)c2c(=O)[nH]c(-c3ccc(OCCN(C(=O)O)C(C)(C)C(C)(C)C)c(-c4ccc([S+](C)[O-])cc4)n3)nc2c1. The minimum absolute atomic E-state index is 0.0710. The molecule has 11 nitrogen and oxygen atoms in total. The summed E-state index contributed by atoms with van der Waals surface area (Å²) >= 11 is -1.17. The normalized spacial score (nSPS) is 12.6. The molecule has 0 bridgehead atoms. The third kappa shape index (κ3) is 6.61. The molecule has 1 unspecified atom stereocenters. The van der Waals surface area contributed by atoms with Crippen LogP contribution in [0.4, 0.5) is 4.79 Å². The van der Waals surface area contributed by atoms with Crippen molar-refractivity contribution in [2.24, 2.45) is 5.41 Å². The lowest BCUT2D eigenvalue weighted by Crippen LogP contribution is -2.56. The molecule has 12 heteroatoms. The van der Waals surface area contributed by atoms with E-state index in [4.69, 9.17) is 19.2 Å². The second-order valence-corrected chi connectivity index (χ2v) is 13.1. The van der Waals surface area contributed by atoms with Gasteiger partial charge in [0, 0.05) is 23.2 Å². The van der Waals surface area contributed by atoms with Crippen LogP contribution in [0.25, 0.3) is 33.7 Å². The number of amides is 1. The number of rotatable bonds is 10. The highest BCUT2D eigenvalue weighted by Gasteiger charge is 2.41. The van der Waals surface area contributed by atoms with Gasteiger partial charge < -0.3 is 28.9 Å². The number of H-pyrrole nitrogens is 1. The molecule has 2 aromatic carbocycles. The fraction of sp³-hybridized carbons (Fsp3) is 0.375. The van der Waals surface area contributed by atoms with Gasteiger partial charge in [-0.15, -0.1) is 0 Å². The molecular formula is C32H38N4O7S. The lowest BCUT2D eigenvalue weighted by atomic mass is 9.75. The third-order valence-electron chi connectivity index (χ3n) is 8.08. The first-order valence-corrected chi connectivity index (χ1v) is 15.5. The molecule has 234 valence electrons. The van der Waals surface area contributed by atoms with Crippen LogP contribution in [-0.4, -0.2) is 74.8 Å². The maximum Gasteiger partial charge on any atom is 0.407 e. The van der Waals surface area contributed by atoms with E-state index in [1.807, 2.05) is 34.6 Å². The van der Waals surface area contributed by atoms with Crippen molar-refractivity contribution in [3.05, 3.63) is 58.9 Å². The van der Waals surface area contributed by atoms with Crippen LogP contribution in [-0.2, 0) is 11.2 Å². The fourth-order valence-corrected chi connectivity index (χ4v) is 5.10. The van der Waals surface area contributed by atoms with Gasteiger partial charge in [-0.3, -0.25) is 9.69 Å². The van der Waals surface area contributed by atoms with Crippen molar-refractivity contribution in [2.45, 2.75) is 45.1 Å². The number of benzene rings is 2. The Morgan fingerprint density at radius 3 is 2.25 bits per heavy atom. The Hall–Kier alpha value is -4.29. The molecule has 4 rings (SSSR count). The summed E-state index contributed by atoms with van der Waals surface area (Å²) in [5, 5.41) is 10.3. The number of pyridine rings is 1. The van der Waals surface area contributed by atoms with Crippen molar-refractivity contribution >= 4 is 28.2 Å². The Morgan fingerprint density at radius 2 is 1.68 bits per heavy atom. The molecule has 44 heavy (non-hydrogen) atoms. The van der Waals surface area contributed by atoms with E-state index in [0.29, 0.717) is 44.6 Å². The Kier molecular flexibility index (Phi) is 9.45. The van der Waals surface area contributed by atoms with Crippen molar-refractivity contribution in [1.29, 1.82) is 0 Å². The minimum atomic E-state index is -1.17. The van der Waals surface area contributed by atoms with Gasteiger partial charge in [0.05, 0.1) is 26.3 Å². The number of hydrogen-bond donors (Lipinski definition) is 2. The molecule has 2 heterocycles. The molecule has 0 aliphatic heterocycles. The van der Waals surface area contributed by atoms with Gasteiger partial charge in [-0.2, -0.15) is 0 Å². The first-order valence-electron chi connectivity index (χ1n) is 13.9. The maximum atomic E-state index is 13.1. The topological polar surface area (TPSA) is 150 Å². The number of nitrogens with one attached hydrogen (secondary N) is 1. The van der Waals surface area contributed by atoms with Crippen molar-refractivity contribution in [1.82, 2.24) is 19.9 Å². The van der Waals surface area contributed by atoms with Gasteiger partial charge in [-0.1, -0.05) is 20.8 Å². The van der Waals surface area contributed by atoms with E-state index in [-0.39, 0.29) is 29.8 Å². The van der Waals surface area contributed by atoms with Gasteiger partial charge in [-0.25, -0.2) is 14.8 Å². The molecule has 0 spiro atoms. The summed E-state index contributed by atoms with van der Waals surface area (Å²) in [4.78, 5) is 39.6. The molecule has 0 aliphatic carbocycles. The number of carbonyl (C=O) groups is 1. The first kappa shape index (κ1) is 32.6. The maximum absolute atomic E-state index is 13.1. The van der Waals surface area contributed by atoms with Crippen molar-refractivity contribution in [2.75, 3.05) is 33.6 Å². The summed E-state index contributed by atoms with van der Waals surface area (Å²) < 4.78 is 28.9. The zero-order valence-electron chi connectivity index (χ0n) is 26.2. The number of methoxy groups -OCH3 is 2. The van der Waals surface area contributed by atoms with E-state index < -0.39 is 28.4 Å². The monoisotopic (exact) mass is 622 g/mol. The smallest absolute Gasteiger partial charge is 0.407 e. The van der Waals surface area contributed by atoms with Crippen LogP contribution in [0.1, 0.15) is 34.6 Å². The van der Waals surface area contributed by atoms with Crippen molar-refractivity contribution in [3.8, 4) is 40.0 Å². The number of nitrogens with zero attached hydrogens (tertiary/aromatic N) is 3. The van der Waals surface area contributed by atoms with Gasteiger partial charge in [-0.05, 0) is 66.8 Å². The second-order valence-electron chi connectivity index (χ2n) is 11.8. The molecule has 1 atom stereocenters. The third-order valence-corrected chi connectivity index (χ3v) is 9.01. The van der Waals surface area contributed by atoms with Gasteiger partial charge in [0.15, 0.2) is 10.7 Å². The lowest BCUT2D eigenvalue weighted by Gasteiger charge is -2.46. The van der Waals surface area contributed by atoms with Crippen molar-refractivity contribution in [3.63, 3.8) is 0 Å². The summed E-state index contributed by atoms with van der Waals surface area (Å²) in [7, 11) is 2.98. The highest BCUT2D eigenvalue weighted by atomic mass is 32.2. The first-order chi connectivity index (χ1) is 20.7. The molecule has 2 aromatic heterocycles. The molecule has 0 fully saturated rings. The second kappa shape index (κ2) is 12.7. The van der Waals surface area contributed by atoms with E-state index in [0.717, 1.165) is 0 Å². The number of fused-ring (bicyclic) bond motifs is 1. The quantitative estimate of drug-likeness (QED) is 0.216. The summed E-state index contributed by atoms with van der Waals surface area (Å²) in [5.74, 6) is 1.44. The summed E-state index contributed by atoms with van der Waals surface area (Å²) in [6.07, 6.45) is 0.562. The zero-order valence-corrected chi connectivity index (χ0v) is 27.0. The largest absolute Gasteiger partial charge is 0.612 e. The van der Waals surface area contributed by atoms with E-state index in [1.165, 1.54) is 19.1 Å². The highest BCUT2D eigenvalue weighted by Crippen LogP contribution is 2.36. The van der Waals surface area contributed by atoms with Crippen LogP contribution in [0, 0.1) is 5.41 Å². The molecule has 2 N–H and O–H groups in total. The number of ether oxygens (including phenoxy) is 3. The van der Waals surface area contributed by atoms with Crippen LogP contribution in [0.5, 0.6) is 17.2 Å². The summed E-state index contributed by atoms with van der Waals surface area (Å²) in [6.45, 7) is 9.97. The van der Waals surface area contributed by atoms with Gasteiger partial charge in [0.25, 0.3) is 5.56 Å². The Morgan fingerprint density at radius 1 is 1.00 bits per heavy atom. The molecular weight excluding hydrogens is 584 g/mol. The van der Waals surface area contributed by atoms with E-state index >= 15 is 0 Å². The van der Waals surface area contributed by atoms with Crippen LogP contribution in [0.2, 0.25) is 0 Å². The Bertz CT molecular complexity index is 1710. The molecule has 0 saturated heterocycles. The van der Waals surface area contributed by atoms with Gasteiger partial charge in [0.1, 0.15) is 46.9 Å². The summed E-state index contributed by atoms with van der Waals surface area (Å²) in [5.41, 5.74) is 0.465. The Balaban J connectivity index is 1.76. The van der Waals surface area contributed by atoms with Gasteiger partial charge in [0.2, 0.25) is 0 Å². The standard InChI is InChI=1S/C32H38N4O7S/c1-31(2,3)32(4,5)36(30(38)39)15-16-43-24-14-13-22(33-27(24)19-9-11-21(12-10-19)44(8)40)28-34-23-17-20(41-6)18-25(42-7)26(23)29(37)35-28/h9-14,17-18H,15-16H2,1-8H3,(H,38,39)(H,34,35,37). The molecule has 0 radical (unpaired) electrons. The molecule has 4 aromatic rings. The molecule has 0 aliphatic rings. The zero-order chi connectivity index (χ0) is 32.4. The Labute approximate surface area is 259 Å². The predicted octanol–water partition coefficient (Wildman–Crippen LogP) is 5.59. The summed E-state index contributed by atoms with van der Waals surface area (Å²) in [6, 6.07) is 13.7. The number of carboxylic acid groups (broad SMARTS) is 1. The van der Waals surface area contributed by atoms with E-state index in [1.54, 1.807) is 54.8 Å². The van der Waals surface area contributed by atoms with Crippen LogP contribution in [0.3, 0.4) is 0 Å². The minimum Gasteiger partial charge on any atom is -0.612 e. The average Bonchev–Trinajstić information content (AvgIpc) is 2.97. The van der Waals surface area contributed by atoms with Crippen LogP contribution < -0.4 is 19.8 Å². The predicted molar refractivity (Wildman–Crippen MR) is 170 cm³/mol. The fourth-order valence-electron chi connectivity index (χ4n) is 4.58. The average molecular weight is 623 g/mol. The number of aromatic amines is 1. The van der Waals surface area contributed by atoms with Crippen LogP contribution in [0.15, 0.2) is 58.2 Å². The number of aromatic nitrogens is 3. The van der Waals surface area contributed by atoms with Gasteiger partial charge >= 0.3 is 6.09 Å². The van der Waals surface area contributed by atoms with E-state index in [2.05, 4.69) is 9.97 Å². The highest BCUT2D eigenvalue weighted by molar-refractivity contribution is 7.90. The lowest BCUT2D eigenvalue weighted by molar-refractivity contribution is 0.0201. The number of hydrogen-bond acceptors (Lipinski definition) is 8. The van der Waals surface area contributed by atoms with Crippen LogP contribution >= 0.6 is 0 Å². The van der Waals surface area contributed by atoms with E-state index in [9.17, 15) is 19.2 Å².